The molecule has 0 spiro atoms. The van der Waals surface area contributed by atoms with Crippen LogP contribution >= 0.6 is 11.8 Å². The summed E-state index contributed by atoms with van der Waals surface area (Å²) in [5.41, 5.74) is 2.42. The van der Waals surface area contributed by atoms with Gasteiger partial charge in [-0.1, -0.05) is 38.1 Å². The predicted molar refractivity (Wildman–Crippen MR) is 85.8 cm³/mol. The lowest BCUT2D eigenvalue weighted by Gasteiger charge is -2.19. The van der Waals surface area contributed by atoms with E-state index in [0.29, 0.717) is 11.3 Å². The van der Waals surface area contributed by atoms with Crippen molar-refractivity contribution >= 4 is 22.7 Å². The second-order valence-corrected chi connectivity index (χ2v) is 6.29. The van der Waals surface area contributed by atoms with Gasteiger partial charge in [-0.15, -0.1) is 0 Å². The van der Waals surface area contributed by atoms with Crippen molar-refractivity contribution < 1.29 is 0 Å². The molecule has 102 valence electrons. The van der Waals surface area contributed by atoms with Crippen LogP contribution in [0, 0.1) is 0 Å². The summed E-state index contributed by atoms with van der Waals surface area (Å²) in [6.07, 6.45) is 3.09. The van der Waals surface area contributed by atoms with Crippen molar-refractivity contribution in [3.05, 3.63) is 42.1 Å². The smallest absolute Gasteiger partial charge is 0.0750 e. The van der Waals surface area contributed by atoms with E-state index < -0.39 is 0 Å². The molecule has 3 heteroatoms. The van der Waals surface area contributed by atoms with Crippen LogP contribution in [0.2, 0.25) is 0 Å². The van der Waals surface area contributed by atoms with Gasteiger partial charge < -0.3 is 5.32 Å². The highest BCUT2D eigenvalue weighted by Crippen LogP contribution is 2.27. The molecule has 0 aliphatic heterocycles. The molecule has 0 amide bonds. The topological polar surface area (TPSA) is 24.9 Å². The minimum atomic E-state index is 0.359. The Balaban J connectivity index is 2.25. The first-order valence-electron chi connectivity index (χ1n) is 6.88. The summed E-state index contributed by atoms with van der Waals surface area (Å²) in [6.45, 7) is 4.53. The van der Waals surface area contributed by atoms with Gasteiger partial charge in [0.25, 0.3) is 0 Å². The van der Waals surface area contributed by atoms with Crippen LogP contribution in [-0.4, -0.2) is 23.0 Å². The molecule has 2 nitrogen and oxygen atoms in total. The molecule has 0 radical (unpaired) electrons. The van der Waals surface area contributed by atoms with Crippen molar-refractivity contribution in [1.82, 2.24) is 10.3 Å². The Morgan fingerprint density at radius 2 is 2.05 bits per heavy atom. The number of rotatable bonds is 6. The number of para-hydroxylation sites is 1. The van der Waals surface area contributed by atoms with E-state index in [1.54, 1.807) is 0 Å². The zero-order valence-electron chi connectivity index (χ0n) is 11.9. The second-order valence-electron chi connectivity index (χ2n) is 4.82. The highest BCUT2D eigenvalue weighted by Gasteiger charge is 2.14. The van der Waals surface area contributed by atoms with Crippen LogP contribution in [0.4, 0.5) is 0 Å². The van der Waals surface area contributed by atoms with Crippen molar-refractivity contribution in [3.8, 4) is 0 Å². The van der Waals surface area contributed by atoms with Gasteiger partial charge in [-0.05, 0) is 25.1 Å². The van der Waals surface area contributed by atoms with Gasteiger partial charge in [0.1, 0.15) is 0 Å². The number of benzene rings is 1. The third-order valence-corrected chi connectivity index (χ3v) is 4.94. The second kappa shape index (κ2) is 6.92. The molecule has 1 N–H and O–H groups in total. The first-order chi connectivity index (χ1) is 9.26. The van der Waals surface area contributed by atoms with Crippen molar-refractivity contribution in [3.63, 3.8) is 0 Å². The van der Waals surface area contributed by atoms with E-state index in [0.717, 1.165) is 11.3 Å². The number of fused-ring (bicyclic) bond motifs is 1. The normalized spacial score (nSPS) is 14.5. The van der Waals surface area contributed by atoms with Crippen LogP contribution < -0.4 is 5.32 Å². The average Bonchev–Trinajstić information content (AvgIpc) is 2.47. The molecule has 2 aromatic rings. The zero-order chi connectivity index (χ0) is 13.7. The number of thioether (sulfide) groups is 1. The summed E-state index contributed by atoms with van der Waals surface area (Å²) in [5.74, 6) is 1.08. The van der Waals surface area contributed by atoms with Gasteiger partial charge in [-0.3, -0.25) is 4.98 Å². The molecule has 0 saturated carbocycles. The number of nitrogens with zero attached hydrogens (tertiary/aromatic N) is 1. The summed E-state index contributed by atoms with van der Waals surface area (Å²) in [6, 6.07) is 10.9. The molecule has 1 aromatic carbocycles. The van der Waals surface area contributed by atoms with Crippen LogP contribution in [0.1, 0.15) is 31.9 Å². The van der Waals surface area contributed by atoms with E-state index in [2.05, 4.69) is 48.4 Å². The van der Waals surface area contributed by atoms with Gasteiger partial charge in [-0.2, -0.15) is 11.8 Å². The molecule has 1 heterocycles. The lowest BCUT2D eigenvalue weighted by molar-refractivity contribution is 0.663. The summed E-state index contributed by atoms with van der Waals surface area (Å²) < 4.78 is 0. The van der Waals surface area contributed by atoms with E-state index in [4.69, 9.17) is 0 Å². The number of hydrogen-bond acceptors (Lipinski definition) is 3. The van der Waals surface area contributed by atoms with Gasteiger partial charge in [0.05, 0.1) is 5.52 Å². The molecule has 19 heavy (non-hydrogen) atoms. The van der Waals surface area contributed by atoms with Crippen LogP contribution in [-0.2, 0) is 0 Å². The molecule has 0 aliphatic carbocycles. The Hall–Kier alpha value is -1.06. The number of aromatic nitrogens is 1. The number of pyridine rings is 1. The maximum Gasteiger partial charge on any atom is 0.0750 e. The van der Waals surface area contributed by atoms with E-state index in [1.807, 2.05) is 31.1 Å². The van der Waals surface area contributed by atoms with Crippen molar-refractivity contribution in [2.45, 2.75) is 31.6 Å². The molecule has 0 bridgehead atoms. The van der Waals surface area contributed by atoms with E-state index in [9.17, 15) is 0 Å². The molecule has 2 atom stereocenters. The van der Waals surface area contributed by atoms with E-state index >= 15 is 0 Å². The average molecular weight is 274 g/mol. The Labute approximate surface area is 120 Å². The molecular formula is C16H22N2S. The minimum Gasteiger partial charge on any atom is -0.312 e. The largest absolute Gasteiger partial charge is 0.312 e. The molecule has 0 fully saturated rings. The fourth-order valence-electron chi connectivity index (χ4n) is 2.12. The quantitative estimate of drug-likeness (QED) is 0.861. The molecule has 2 unspecified atom stereocenters. The lowest BCUT2D eigenvalue weighted by atomic mass is 10.0. The van der Waals surface area contributed by atoms with Crippen molar-refractivity contribution in [1.29, 1.82) is 0 Å². The Morgan fingerprint density at radius 3 is 2.79 bits per heavy atom. The van der Waals surface area contributed by atoms with Gasteiger partial charge in [0.2, 0.25) is 0 Å². The van der Waals surface area contributed by atoms with Crippen LogP contribution in [0.15, 0.2) is 36.5 Å². The fraction of sp³-hybridized carbons (Fsp3) is 0.438. The van der Waals surface area contributed by atoms with Gasteiger partial charge >= 0.3 is 0 Å². The lowest BCUT2D eigenvalue weighted by Crippen LogP contribution is -2.20. The fourth-order valence-corrected chi connectivity index (χ4v) is 3.22. The molecule has 0 aliphatic rings. The minimum absolute atomic E-state index is 0.359. The summed E-state index contributed by atoms with van der Waals surface area (Å²) in [5, 5.41) is 5.35. The first kappa shape index (κ1) is 14.4. The highest BCUT2D eigenvalue weighted by atomic mass is 32.2. The third-order valence-electron chi connectivity index (χ3n) is 3.51. The van der Waals surface area contributed by atoms with Crippen LogP contribution in [0.5, 0.6) is 0 Å². The van der Waals surface area contributed by atoms with Gasteiger partial charge in [-0.25, -0.2) is 0 Å². The third kappa shape index (κ3) is 3.48. The van der Waals surface area contributed by atoms with Crippen molar-refractivity contribution in [2.75, 3.05) is 12.8 Å². The van der Waals surface area contributed by atoms with Crippen molar-refractivity contribution in [2.24, 2.45) is 0 Å². The Kier molecular flexibility index (Phi) is 5.23. The maximum absolute atomic E-state index is 4.55. The molecule has 2 rings (SSSR count). The number of hydrogen-bond donors (Lipinski definition) is 1. The Morgan fingerprint density at radius 1 is 1.26 bits per heavy atom. The SMILES string of the molecule is CCC(C)SCC(NC)c1cccc2cccnc12. The monoisotopic (exact) mass is 274 g/mol. The zero-order valence-corrected chi connectivity index (χ0v) is 12.7. The van der Waals surface area contributed by atoms with E-state index in [-0.39, 0.29) is 0 Å². The van der Waals surface area contributed by atoms with Crippen LogP contribution in [0.25, 0.3) is 10.9 Å². The summed E-state index contributed by atoms with van der Waals surface area (Å²) >= 11 is 2.02. The summed E-state index contributed by atoms with van der Waals surface area (Å²) in [7, 11) is 2.03. The highest BCUT2D eigenvalue weighted by molar-refractivity contribution is 7.99. The summed E-state index contributed by atoms with van der Waals surface area (Å²) in [4.78, 5) is 4.55. The molecule has 1 aromatic heterocycles. The maximum atomic E-state index is 4.55. The van der Waals surface area contributed by atoms with Crippen LogP contribution in [0.3, 0.4) is 0 Å². The van der Waals surface area contributed by atoms with Gasteiger partial charge in [0.15, 0.2) is 0 Å². The predicted octanol–water partition coefficient (Wildman–Crippen LogP) is 4.03. The van der Waals surface area contributed by atoms with E-state index in [1.165, 1.54) is 17.4 Å². The first-order valence-corrected chi connectivity index (χ1v) is 7.93. The van der Waals surface area contributed by atoms with Gasteiger partial charge in [0, 0.05) is 28.6 Å². The number of nitrogens with one attached hydrogen (secondary N) is 1. The molecule has 0 saturated heterocycles. The molecular weight excluding hydrogens is 252 g/mol. The standard InChI is InChI=1S/C16H22N2S/c1-4-12(2)19-11-15(17-3)14-9-5-7-13-8-6-10-18-16(13)14/h5-10,12,15,17H,4,11H2,1-3H3. The Bertz CT molecular complexity index is 522.